The quantitative estimate of drug-likeness (QED) is 0.451. The van der Waals surface area contributed by atoms with Crippen LogP contribution in [0.4, 0.5) is 13.2 Å². The van der Waals surface area contributed by atoms with Gasteiger partial charge in [0, 0.05) is 6.08 Å². The van der Waals surface area contributed by atoms with Gasteiger partial charge in [-0.2, -0.15) is 13.2 Å². The highest BCUT2D eigenvalue weighted by Gasteiger charge is 2.35. The van der Waals surface area contributed by atoms with Crippen molar-refractivity contribution in [1.82, 2.24) is 14.8 Å². The molecule has 122 valence electrons. The molecule has 0 unspecified atom stereocenters. The van der Waals surface area contributed by atoms with E-state index in [-0.39, 0.29) is 12.2 Å². The van der Waals surface area contributed by atoms with E-state index in [1.165, 1.54) is 17.8 Å². The van der Waals surface area contributed by atoms with Crippen molar-refractivity contribution in [1.29, 1.82) is 0 Å². The minimum atomic E-state index is -4.61. The maximum Gasteiger partial charge on any atom is 0.453 e. The Morgan fingerprint density at radius 3 is 2.59 bits per heavy atom. The van der Waals surface area contributed by atoms with Crippen molar-refractivity contribution in [2.24, 2.45) is 0 Å². The van der Waals surface area contributed by atoms with E-state index >= 15 is 0 Å². The molecular formula is C12H15F3N4O2S. The number of aromatic nitrogens is 3. The van der Waals surface area contributed by atoms with Crippen molar-refractivity contribution >= 4 is 11.8 Å². The monoisotopic (exact) mass is 336 g/mol. The SMILES string of the molecule is CC/C(SC)=C(/C=C(\C)Cn1cnc(C(F)(F)F)n1)[N+](=O)[O-]. The molecule has 10 heteroatoms. The molecule has 0 saturated heterocycles. The zero-order chi connectivity index (χ0) is 16.9. The van der Waals surface area contributed by atoms with Gasteiger partial charge in [0.15, 0.2) is 0 Å². The lowest BCUT2D eigenvalue weighted by Gasteiger charge is -2.04. The van der Waals surface area contributed by atoms with Gasteiger partial charge in [-0.05, 0) is 25.2 Å². The van der Waals surface area contributed by atoms with Crippen LogP contribution in [0.3, 0.4) is 0 Å². The topological polar surface area (TPSA) is 73.8 Å². The number of nitrogens with zero attached hydrogens (tertiary/aromatic N) is 4. The Kier molecular flexibility index (Phi) is 6.15. The highest BCUT2D eigenvalue weighted by atomic mass is 32.2. The van der Waals surface area contributed by atoms with E-state index in [0.717, 1.165) is 11.0 Å². The normalized spacial score (nSPS) is 14.0. The summed E-state index contributed by atoms with van der Waals surface area (Å²) in [4.78, 5) is 14.4. The molecule has 1 heterocycles. The zero-order valence-corrected chi connectivity index (χ0v) is 13.0. The molecule has 0 atom stereocenters. The summed E-state index contributed by atoms with van der Waals surface area (Å²) in [6.07, 6.45) is -0.0698. The van der Waals surface area contributed by atoms with Gasteiger partial charge in [-0.25, -0.2) is 9.67 Å². The van der Waals surface area contributed by atoms with Gasteiger partial charge >= 0.3 is 6.18 Å². The van der Waals surface area contributed by atoms with Crippen LogP contribution in [-0.4, -0.2) is 25.9 Å². The fourth-order valence-corrected chi connectivity index (χ4v) is 2.33. The zero-order valence-electron chi connectivity index (χ0n) is 12.2. The molecule has 0 aliphatic heterocycles. The van der Waals surface area contributed by atoms with Gasteiger partial charge in [-0.3, -0.25) is 10.1 Å². The molecule has 0 N–H and O–H groups in total. The van der Waals surface area contributed by atoms with Crippen molar-refractivity contribution in [3.8, 4) is 0 Å². The van der Waals surface area contributed by atoms with Gasteiger partial charge in [0.25, 0.3) is 11.5 Å². The third-order valence-electron chi connectivity index (χ3n) is 2.63. The van der Waals surface area contributed by atoms with Crippen LogP contribution in [0, 0.1) is 10.1 Å². The number of hydrogen-bond acceptors (Lipinski definition) is 5. The van der Waals surface area contributed by atoms with Gasteiger partial charge in [-0.15, -0.1) is 16.9 Å². The Hall–Kier alpha value is -1.84. The highest BCUT2D eigenvalue weighted by Crippen LogP contribution is 2.26. The van der Waals surface area contributed by atoms with Gasteiger partial charge in [0.1, 0.15) is 6.33 Å². The first-order valence-electron chi connectivity index (χ1n) is 6.24. The molecule has 0 aliphatic rings. The Morgan fingerprint density at radius 2 is 2.18 bits per heavy atom. The molecule has 0 aromatic carbocycles. The van der Waals surface area contributed by atoms with Gasteiger partial charge in [0.05, 0.1) is 16.4 Å². The maximum absolute atomic E-state index is 12.4. The molecule has 0 fully saturated rings. The molecule has 0 bridgehead atoms. The number of halogens is 3. The smallest absolute Gasteiger partial charge is 0.258 e. The predicted octanol–water partition coefficient (Wildman–Crippen LogP) is 3.50. The molecule has 22 heavy (non-hydrogen) atoms. The van der Waals surface area contributed by atoms with Crippen LogP contribution in [0.25, 0.3) is 0 Å². The fourth-order valence-electron chi connectivity index (χ4n) is 1.70. The molecule has 1 aromatic rings. The summed E-state index contributed by atoms with van der Waals surface area (Å²) in [5.41, 5.74) is 0.453. The lowest BCUT2D eigenvalue weighted by atomic mass is 10.2. The van der Waals surface area contributed by atoms with Gasteiger partial charge in [-0.1, -0.05) is 6.92 Å². The number of hydrogen-bond donors (Lipinski definition) is 0. The van der Waals surface area contributed by atoms with Crippen molar-refractivity contribution in [3.63, 3.8) is 0 Å². The Morgan fingerprint density at radius 1 is 1.55 bits per heavy atom. The minimum Gasteiger partial charge on any atom is -0.258 e. The first-order chi connectivity index (χ1) is 10.2. The predicted molar refractivity (Wildman–Crippen MR) is 76.6 cm³/mol. The first kappa shape index (κ1) is 18.2. The number of rotatable bonds is 6. The van der Waals surface area contributed by atoms with E-state index in [9.17, 15) is 23.3 Å². The van der Waals surface area contributed by atoms with Crippen LogP contribution < -0.4 is 0 Å². The second-order valence-electron chi connectivity index (χ2n) is 4.38. The number of nitro groups is 1. The second kappa shape index (κ2) is 7.43. The van der Waals surface area contributed by atoms with E-state index in [0.29, 0.717) is 16.9 Å². The molecule has 6 nitrogen and oxygen atoms in total. The summed E-state index contributed by atoms with van der Waals surface area (Å²) in [6.45, 7) is 3.38. The van der Waals surface area contributed by atoms with Crippen LogP contribution in [0.1, 0.15) is 26.1 Å². The van der Waals surface area contributed by atoms with Crippen LogP contribution >= 0.6 is 11.8 Å². The summed E-state index contributed by atoms with van der Waals surface area (Å²) in [6, 6.07) is 0. The Balaban J connectivity index is 3.00. The van der Waals surface area contributed by atoms with Crippen LogP contribution in [0.5, 0.6) is 0 Å². The third kappa shape index (κ3) is 4.86. The second-order valence-corrected chi connectivity index (χ2v) is 5.28. The number of alkyl halides is 3. The average Bonchev–Trinajstić information content (AvgIpc) is 2.87. The number of allylic oxidation sites excluding steroid dienone is 3. The summed E-state index contributed by atoms with van der Waals surface area (Å²) in [5, 5.41) is 14.4. The van der Waals surface area contributed by atoms with Crippen LogP contribution in [0.2, 0.25) is 0 Å². The summed E-state index contributed by atoms with van der Waals surface area (Å²) >= 11 is 1.27. The molecule has 0 saturated carbocycles. The fraction of sp³-hybridized carbons (Fsp3) is 0.500. The molecule has 0 radical (unpaired) electrons. The largest absolute Gasteiger partial charge is 0.453 e. The van der Waals surface area contributed by atoms with E-state index in [2.05, 4.69) is 10.1 Å². The van der Waals surface area contributed by atoms with Crippen LogP contribution in [0.15, 0.2) is 28.6 Å². The molecule has 1 rings (SSSR count). The molecule has 1 aromatic heterocycles. The van der Waals surface area contributed by atoms with E-state index in [4.69, 9.17) is 0 Å². The van der Waals surface area contributed by atoms with E-state index < -0.39 is 16.9 Å². The first-order valence-corrected chi connectivity index (χ1v) is 7.46. The lowest BCUT2D eigenvalue weighted by molar-refractivity contribution is -0.419. The highest BCUT2D eigenvalue weighted by molar-refractivity contribution is 8.02. The van der Waals surface area contributed by atoms with Crippen molar-refractivity contribution < 1.29 is 18.1 Å². The molecule has 0 amide bonds. The number of thioether (sulfide) groups is 1. The minimum absolute atomic E-state index is 0.00814. The summed E-state index contributed by atoms with van der Waals surface area (Å²) in [5.74, 6) is -1.23. The average molecular weight is 336 g/mol. The van der Waals surface area contributed by atoms with E-state index in [1.54, 1.807) is 20.1 Å². The molecule has 0 aliphatic carbocycles. The molecular weight excluding hydrogens is 321 g/mol. The Bertz CT molecular complexity index is 602. The standard InChI is InChI=1S/C12H15F3N4O2S/c1-4-10(22-3)9(19(20)21)5-8(2)6-18-7-16-11(17-18)12(13,14)15/h5,7H,4,6H2,1-3H3/b8-5+,10-9+. The Labute approximate surface area is 129 Å². The van der Waals surface area contributed by atoms with Gasteiger partial charge in [0.2, 0.25) is 0 Å². The van der Waals surface area contributed by atoms with Crippen molar-refractivity contribution in [2.75, 3.05) is 6.26 Å². The molecule has 0 spiro atoms. The maximum atomic E-state index is 12.4. The lowest BCUT2D eigenvalue weighted by Crippen LogP contribution is -2.09. The van der Waals surface area contributed by atoms with Crippen LogP contribution in [-0.2, 0) is 12.7 Å². The van der Waals surface area contributed by atoms with Crippen molar-refractivity contribution in [3.05, 3.63) is 44.5 Å². The summed E-state index contributed by atoms with van der Waals surface area (Å²) in [7, 11) is 0. The third-order valence-corrected chi connectivity index (χ3v) is 3.63. The summed E-state index contributed by atoms with van der Waals surface area (Å²) < 4.78 is 38.2. The van der Waals surface area contributed by atoms with Gasteiger partial charge < -0.3 is 0 Å². The van der Waals surface area contributed by atoms with Crippen molar-refractivity contribution in [2.45, 2.75) is 33.0 Å². The van der Waals surface area contributed by atoms with E-state index in [1.807, 2.05) is 0 Å².